The number of carbonyl (C=O) groups excluding carboxylic acids is 1. The van der Waals surface area contributed by atoms with Gasteiger partial charge in [-0.2, -0.15) is 0 Å². The standard InChI is InChI=1S/C23H20ClN3O4S/c1-31-23-10-16-9-20(15-5-4-8-25-12-15)27(21(16)11-18(23)24)13-17-6-3-7-19(26-17)22(28)14-32(2,29)30/h3-12H,13-14H2,1-2H3. The van der Waals surface area contributed by atoms with Crippen LogP contribution in [-0.2, 0) is 16.4 Å². The molecule has 0 aliphatic rings. The van der Waals surface area contributed by atoms with Crippen LogP contribution in [0.5, 0.6) is 5.75 Å². The number of hydrogen-bond donors (Lipinski definition) is 0. The van der Waals surface area contributed by atoms with Crippen LogP contribution in [0.3, 0.4) is 0 Å². The Bertz CT molecular complexity index is 1420. The molecule has 0 N–H and O–H groups in total. The first kappa shape index (κ1) is 22.0. The molecule has 1 aromatic carbocycles. The van der Waals surface area contributed by atoms with Gasteiger partial charge in [-0.3, -0.25) is 9.78 Å². The number of methoxy groups -OCH3 is 1. The van der Waals surface area contributed by atoms with Crippen LogP contribution in [0.2, 0.25) is 5.02 Å². The zero-order chi connectivity index (χ0) is 22.9. The first-order valence-electron chi connectivity index (χ1n) is 9.69. The molecule has 0 aliphatic heterocycles. The van der Waals surface area contributed by atoms with E-state index in [9.17, 15) is 13.2 Å². The van der Waals surface area contributed by atoms with E-state index in [0.717, 1.165) is 28.4 Å². The van der Waals surface area contributed by atoms with Crippen LogP contribution in [0.25, 0.3) is 22.2 Å². The van der Waals surface area contributed by atoms with Gasteiger partial charge in [-0.05, 0) is 42.5 Å². The second-order valence-corrected chi connectivity index (χ2v) is 9.96. The fourth-order valence-electron chi connectivity index (χ4n) is 3.54. The highest BCUT2D eigenvalue weighted by Gasteiger charge is 2.17. The number of aromatic nitrogens is 3. The van der Waals surface area contributed by atoms with Gasteiger partial charge >= 0.3 is 0 Å². The van der Waals surface area contributed by atoms with Gasteiger partial charge in [-0.1, -0.05) is 17.7 Å². The van der Waals surface area contributed by atoms with Crippen molar-refractivity contribution in [1.82, 2.24) is 14.5 Å². The van der Waals surface area contributed by atoms with Gasteiger partial charge in [-0.25, -0.2) is 13.4 Å². The number of nitrogens with zero attached hydrogens (tertiary/aromatic N) is 3. The number of fused-ring (bicyclic) bond motifs is 1. The Labute approximate surface area is 190 Å². The summed E-state index contributed by atoms with van der Waals surface area (Å²) in [5.74, 6) is -0.542. The minimum Gasteiger partial charge on any atom is -0.495 e. The van der Waals surface area contributed by atoms with Gasteiger partial charge in [0.2, 0.25) is 0 Å². The van der Waals surface area contributed by atoms with Gasteiger partial charge in [0.25, 0.3) is 0 Å². The van der Waals surface area contributed by atoms with E-state index in [-0.39, 0.29) is 5.69 Å². The molecule has 3 heterocycles. The van der Waals surface area contributed by atoms with Crippen LogP contribution in [-0.4, -0.2) is 47.9 Å². The van der Waals surface area contributed by atoms with E-state index in [2.05, 4.69) is 9.97 Å². The third kappa shape index (κ3) is 4.66. The van der Waals surface area contributed by atoms with Crippen LogP contribution in [0, 0.1) is 0 Å². The summed E-state index contributed by atoms with van der Waals surface area (Å²) in [6.07, 6.45) is 4.50. The van der Waals surface area contributed by atoms with E-state index in [1.807, 2.05) is 34.9 Å². The van der Waals surface area contributed by atoms with Crippen molar-refractivity contribution in [3.63, 3.8) is 0 Å². The molecule has 0 amide bonds. The summed E-state index contributed by atoms with van der Waals surface area (Å²) < 4.78 is 30.4. The van der Waals surface area contributed by atoms with Crippen molar-refractivity contribution < 1.29 is 17.9 Å². The smallest absolute Gasteiger partial charge is 0.196 e. The minimum atomic E-state index is -3.45. The summed E-state index contributed by atoms with van der Waals surface area (Å²) in [6, 6.07) is 14.5. The van der Waals surface area contributed by atoms with Crippen LogP contribution < -0.4 is 4.74 Å². The molecule has 7 nitrogen and oxygen atoms in total. The predicted molar refractivity (Wildman–Crippen MR) is 124 cm³/mol. The fourth-order valence-corrected chi connectivity index (χ4v) is 4.40. The fraction of sp³-hybridized carbons (Fsp3) is 0.174. The SMILES string of the molecule is COc1cc2cc(-c3cccnc3)n(Cc3cccc(C(=O)CS(C)(=O)=O)n3)c2cc1Cl. The van der Waals surface area contributed by atoms with E-state index in [4.69, 9.17) is 16.3 Å². The van der Waals surface area contributed by atoms with E-state index < -0.39 is 21.4 Å². The van der Waals surface area contributed by atoms with Crippen molar-refractivity contribution >= 4 is 38.1 Å². The molecule has 0 saturated heterocycles. The maximum absolute atomic E-state index is 12.3. The molecule has 4 aromatic rings. The molecule has 0 bridgehead atoms. The van der Waals surface area contributed by atoms with E-state index in [1.165, 1.54) is 6.07 Å². The average molecular weight is 470 g/mol. The average Bonchev–Trinajstić information content (AvgIpc) is 3.10. The molecule has 0 spiro atoms. The maximum atomic E-state index is 12.3. The Morgan fingerprint density at radius 2 is 1.97 bits per heavy atom. The Hall–Kier alpha value is -3.23. The van der Waals surface area contributed by atoms with Crippen LogP contribution in [0.4, 0.5) is 0 Å². The van der Waals surface area contributed by atoms with Crippen molar-refractivity contribution in [3.05, 3.63) is 77.3 Å². The van der Waals surface area contributed by atoms with Gasteiger partial charge in [0.05, 0.1) is 35.6 Å². The Balaban J connectivity index is 1.81. The summed E-state index contributed by atoms with van der Waals surface area (Å²) >= 11 is 6.39. The minimum absolute atomic E-state index is 0.118. The number of pyridine rings is 2. The lowest BCUT2D eigenvalue weighted by molar-refractivity contribution is 0.101. The van der Waals surface area contributed by atoms with Gasteiger partial charge in [0, 0.05) is 29.6 Å². The summed E-state index contributed by atoms with van der Waals surface area (Å²) in [4.78, 5) is 21.0. The number of hydrogen-bond acceptors (Lipinski definition) is 6. The van der Waals surface area contributed by atoms with Crippen molar-refractivity contribution in [3.8, 4) is 17.0 Å². The van der Waals surface area contributed by atoms with Crippen molar-refractivity contribution in [2.45, 2.75) is 6.54 Å². The molecule has 4 rings (SSSR count). The van der Waals surface area contributed by atoms with E-state index in [1.54, 1.807) is 31.6 Å². The number of Topliss-reactive ketones (excluding diaryl/α,β-unsaturated/α-hetero) is 1. The number of sulfone groups is 1. The Morgan fingerprint density at radius 3 is 2.66 bits per heavy atom. The lowest BCUT2D eigenvalue weighted by Crippen LogP contribution is -2.16. The number of halogens is 1. The van der Waals surface area contributed by atoms with Crippen molar-refractivity contribution in [1.29, 1.82) is 0 Å². The predicted octanol–water partition coefficient (Wildman–Crippen LogP) is 4.04. The lowest BCUT2D eigenvalue weighted by atomic mass is 10.2. The molecule has 0 radical (unpaired) electrons. The highest BCUT2D eigenvalue weighted by Crippen LogP contribution is 2.35. The molecule has 0 aliphatic carbocycles. The molecule has 9 heteroatoms. The Kier molecular flexibility index (Phi) is 5.99. The molecular weight excluding hydrogens is 450 g/mol. The summed E-state index contributed by atoms with van der Waals surface area (Å²) in [7, 11) is -1.88. The number of ketones is 1. The van der Waals surface area contributed by atoms with E-state index in [0.29, 0.717) is 23.0 Å². The molecule has 3 aromatic heterocycles. The maximum Gasteiger partial charge on any atom is 0.196 e. The second-order valence-electron chi connectivity index (χ2n) is 7.41. The summed E-state index contributed by atoms with van der Waals surface area (Å²) in [6.45, 7) is 0.344. The van der Waals surface area contributed by atoms with Crippen LogP contribution >= 0.6 is 11.6 Å². The lowest BCUT2D eigenvalue weighted by Gasteiger charge is -2.12. The Morgan fingerprint density at radius 1 is 1.16 bits per heavy atom. The highest BCUT2D eigenvalue weighted by molar-refractivity contribution is 7.91. The summed E-state index contributed by atoms with van der Waals surface area (Å²) in [5.41, 5.74) is 3.39. The van der Waals surface area contributed by atoms with Gasteiger partial charge in [-0.15, -0.1) is 0 Å². The number of benzene rings is 1. The second kappa shape index (κ2) is 8.72. The topological polar surface area (TPSA) is 91.2 Å². The van der Waals surface area contributed by atoms with E-state index >= 15 is 0 Å². The van der Waals surface area contributed by atoms with Crippen LogP contribution in [0.1, 0.15) is 16.2 Å². The zero-order valence-corrected chi connectivity index (χ0v) is 19.0. The molecule has 0 saturated carbocycles. The van der Waals surface area contributed by atoms with Crippen LogP contribution in [0.15, 0.2) is 60.9 Å². The monoisotopic (exact) mass is 469 g/mol. The third-order valence-corrected chi connectivity index (χ3v) is 6.02. The van der Waals surface area contributed by atoms with Crippen molar-refractivity contribution in [2.24, 2.45) is 0 Å². The molecular formula is C23H20ClN3O4S. The largest absolute Gasteiger partial charge is 0.495 e. The molecule has 32 heavy (non-hydrogen) atoms. The summed E-state index contributed by atoms with van der Waals surface area (Å²) in [5, 5.41) is 1.40. The van der Waals surface area contributed by atoms with Gasteiger partial charge < -0.3 is 9.30 Å². The van der Waals surface area contributed by atoms with Gasteiger partial charge in [0.15, 0.2) is 15.6 Å². The number of ether oxygens (including phenoxy) is 1. The first-order chi connectivity index (χ1) is 15.2. The molecule has 0 unspecified atom stereocenters. The normalized spacial score (nSPS) is 11.6. The first-order valence-corrected chi connectivity index (χ1v) is 12.1. The number of rotatable bonds is 7. The van der Waals surface area contributed by atoms with Gasteiger partial charge in [0.1, 0.15) is 17.2 Å². The molecule has 164 valence electrons. The third-order valence-electron chi connectivity index (χ3n) is 4.94. The molecule has 0 atom stereocenters. The molecule has 0 fully saturated rings. The number of carbonyl (C=O) groups is 1. The zero-order valence-electron chi connectivity index (χ0n) is 17.4. The highest BCUT2D eigenvalue weighted by atomic mass is 35.5. The quantitative estimate of drug-likeness (QED) is 0.379. The van der Waals surface area contributed by atoms with Crippen molar-refractivity contribution in [2.75, 3.05) is 19.1 Å².